The molecule has 3 N–H and O–H groups in total. The number of unbranched alkanes of at least 4 members (excludes halogenated alkanes) is 1. The van der Waals surface area contributed by atoms with Crippen molar-refractivity contribution in [3.05, 3.63) is 29.8 Å². The van der Waals surface area contributed by atoms with E-state index in [9.17, 15) is 14.7 Å². The van der Waals surface area contributed by atoms with Gasteiger partial charge in [0, 0.05) is 11.7 Å². The van der Waals surface area contributed by atoms with Gasteiger partial charge >= 0.3 is 12.1 Å². The van der Waals surface area contributed by atoms with Gasteiger partial charge in [0.1, 0.15) is 0 Å². The van der Waals surface area contributed by atoms with E-state index in [1.807, 2.05) is 19.1 Å². The molecule has 0 spiro atoms. The van der Waals surface area contributed by atoms with Gasteiger partial charge in [0.05, 0.1) is 12.5 Å². The van der Waals surface area contributed by atoms with Crippen LogP contribution in [-0.2, 0) is 9.53 Å². The molecule has 1 aromatic rings. The van der Waals surface area contributed by atoms with Crippen molar-refractivity contribution in [1.29, 1.82) is 0 Å². The van der Waals surface area contributed by atoms with Gasteiger partial charge in [-0.3, -0.25) is 10.1 Å². The van der Waals surface area contributed by atoms with Gasteiger partial charge < -0.3 is 15.2 Å². The maximum absolute atomic E-state index is 11.6. The topological polar surface area (TPSA) is 87.7 Å². The third-order valence-corrected chi connectivity index (χ3v) is 4.02. The molecule has 126 valence electrons. The first-order chi connectivity index (χ1) is 11.1. The molecule has 0 radical (unpaired) electrons. The van der Waals surface area contributed by atoms with Gasteiger partial charge in [-0.25, -0.2) is 4.79 Å². The number of aliphatic carboxylic acids is 1. The van der Waals surface area contributed by atoms with E-state index in [4.69, 9.17) is 4.74 Å². The van der Waals surface area contributed by atoms with Crippen molar-refractivity contribution >= 4 is 17.7 Å². The molecule has 0 saturated carbocycles. The number of piperidine rings is 1. The minimum absolute atomic E-state index is 0.188. The summed E-state index contributed by atoms with van der Waals surface area (Å²) < 4.78 is 5.04. The minimum atomic E-state index is -0.774. The number of ether oxygens (including phenoxy) is 1. The monoisotopic (exact) mass is 320 g/mol. The van der Waals surface area contributed by atoms with E-state index in [-0.39, 0.29) is 6.04 Å². The van der Waals surface area contributed by atoms with Gasteiger partial charge in [-0.1, -0.05) is 25.5 Å². The van der Waals surface area contributed by atoms with Crippen molar-refractivity contribution in [2.24, 2.45) is 5.92 Å². The molecule has 1 aromatic carbocycles. The van der Waals surface area contributed by atoms with Crippen LogP contribution >= 0.6 is 0 Å². The predicted octanol–water partition coefficient (Wildman–Crippen LogP) is 3.16. The molecule has 2 rings (SSSR count). The molecule has 0 aromatic heterocycles. The van der Waals surface area contributed by atoms with Crippen molar-refractivity contribution in [2.75, 3.05) is 18.5 Å². The number of hydrogen-bond donors (Lipinski definition) is 3. The Morgan fingerprint density at radius 1 is 1.35 bits per heavy atom. The van der Waals surface area contributed by atoms with Crippen molar-refractivity contribution in [2.45, 2.75) is 38.6 Å². The van der Waals surface area contributed by atoms with Crippen LogP contribution in [0.3, 0.4) is 0 Å². The zero-order valence-electron chi connectivity index (χ0n) is 13.4. The van der Waals surface area contributed by atoms with E-state index in [0.717, 1.165) is 31.4 Å². The van der Waals surface area contributed by atoms with Crippen LogP contribution in [-0.4, -0.2) is 30.3 Å². The number of anilines is 1. The number of hydrogen-bond acceptors (Lipinski definition) is 4. The SMILES string of the molecule is CCCCOC(=O)Nc1ccc(C2NCCCC2C(=O)O)cc1. The Morgan fingerprint density at radius 2 is 2.09 bits per heavy atom. The minimum Gasteiger partial charge on any atom is -0.481 e. The lowest BCUT2D eigenvalue weighted by atomic mass is 9.86. The smallest absolute Gasteiger partial charge is 0.411 e. The summed E-state index contributed by atoms with van der Waals surface area (Å²) in [7, 11) is 0. The van der Waals surface area contributed by atoms with Crippen LogP contribution in [0, 0.1) is 5.92 Å². The second kappa shape index (κ2) is 8.53. The average molecular weight is 320 g/mol. The van der Waals surface area contributed by atoms with E-state index in [1.165, 1.54) is 0 Å². The first-order valence-corrected chi connectivity index (χ1v) is 8.11. The molecule has 1 saturated heterocycles. The van der Waals surface area contributed by atoms with Gasteiger partial charge in [-0.2, -0.15) is 0 Å². The fraction of sp³-hybridized carbons (Fsp3) is 0.529. The second-order valence-electron chi connectivity index (χ2n) is 5.76. The molecule has 2 atom stereocenters. The molecular formula is C17H24N2O4. The lowest BCUT2D eigenvalue weighted by Gasteiger charge is -2.30. The number of carboxylic acid groups (broad SMARTS) is 1. The summed E-state index contributed by atoms with van der Waals surface area (Å²) in [6, 6.07) is 7.05. The van der Waals surface area contributed by atoms with Gasteiger partial charge in [0.2, 0.25) is 0 Å². The molecule has 1 fully saturated rings. The molecular weight excluding hydrogens is 296 g/mol. The summed E-state index contributed by atoms with van der Waals surface area (Å²) in [5, 5.41) is 15.3. The molecule has 1 amide bonds. The van der Waals surface area contributed by atoms with Crippen LogP contribution in [0.1, 0.15) is 44.2 Å². The molecule has 0 aliphatic carbocycles. The molecule has 6 heteroatoms. The summed E-state index contributed by atoms with van der Waals surface area (Å²) in [5.74, 6) is -1.19. The quantitative estimate of drug-likeness (QED) is 0.701. The maximum Gasteiger partial charge on any atom is 0.411 e. The van der Waals surface area contributed by atoms with E-state index >= 15 is 0 Å². The van der Waals surface area contributed by atoms with E-state index in [2.05, 4.69) is 10.6 Å². The van der Waals surface area contributed by atoms with Crippen LogP contribution in [0.4, 0.5) is 10.5 Å². The zero-order valence-corrected chi connectivity index (χ0v) is 13.4. The normalized spacial score (nSPS) is 20.7. The molecule has 2 unspecified atom stereocenters. The van der Waals surface area contributed by atoms with Crippen LogP contribution in [0.15, 0.2) is 24.3 Å². The second-order valence-corrected chi connectivity index (χ2v) is 5.76. The van der Waals surface area contributed by atoms with E-state index in [1.54, 1.807) is 12.1 Å². The van der Waals surface area contributed by atoms with Crippen molar-refractivity contribution < 1.29 is 19.4 Å². The number of benzene rings is 1. The summed E-state index contributed by atoms with van der Waals surface area (Å²) in [6.07, 6.45) is 2.90. The first kappa shape index (κ1) is 17.3. The van der Waals surface area contributed by atoms with Crippen LogP contribution in [0.25, 0.3) is 0 Å². The van der Waals surface area contributed by atoms with Crippen molar-refractivity contribution in [3.8, 4) is 0 Å². The van der Waals surface area contributed by atoms with Crippen molar-refractivity contribution in [1.82, 2.24) is 5.32 Å². The number of carbonyl (C=O) groups excluding carboxylic acids is 1. The van der Waals surface area contributed by atoms with Gasteiger partial charge in [0.15, 0.2) is 0 Å². The Kier molecular flexibility index (Phi) is 6.40. The number of carbonyl (C=O) groups is 2. The summed E-state index contributed by atoms with van der Waals surface area (Å²) in [4.78, 5) is 23.0. The van der Waals surface area contributed by atoms with Gasteiger partial charge in [-0.05, 0) is 43.5 Å². The Hall–Kier alpha value is -2.08. The first-order valence-electron chi connectivity index (χ1n) is 8.11. The number of nitrogens with one attached hydrogen (secondary N) is 2. The fourth-order valence-corrected chi connectivity index (χ4v) is 2.74. The number of amides is 1. The number of rotatable bonds is 6. The Morgan fingerprint density at radius 3 is 2.74 bits per heavy atom. The van der Waals surface area contributed by atoms with Crippen LogP contribution in [0.5, 0.6) is 0 Å². The molecule has 6 nitrogen and oxygen atoms in total. The Labute approximate surface area is 136 Å². The predicted molar refractivity (Wildman–Crippen MR) is 87.4 cm³/mol. The van der Waals surface area contributed by atoms with Crippen molar-refractivity contribution in [3.63, 3.8) is 0 Å². The Balaban J connectivity index is 1.95. The highest BCUT2D eigenvalue weighted by Crippen LogP contribution is 2.30. The third-order valence-electron chi connectivity index (χ3n) is 4.02. The summed E-state index contributed by atoms with van der Waals surface area (Å²) in [6.45, 7) is 3.26. The Bertz CT molecular complexity index is 530. The van der Waals surface area contributed by atoms with E-state index < -0.39 is 18.0 Å². The molecule has 23 heavy (non-hydrogen) atoms. The fourth-order valence-electron chi connectivity index (χ4n) is 2.74. The summed E-state index contributed by atoms with van der Waals surface area (Å²) in [5.41, 5.74) is 1.56. The number of carboxylic acids is 1. The molecule has 0 bridgehead atoms. The zero-order chi connectivity index (χ0) is 16.7. The lowest BCUT2D eigenvalue weighted by molar-refractivity contribution is -0.143. The lowest BCUT2D eigenvalue weighted by Crippen LogP contribution is -2.38. The third kappa shape index (κ3) is 4.96. The molecule has 1 heterocycles. The summed E-state index contributed by atoms with van der Waals surface area (Å²) >= 11 is 0. The highest BCUT2D eigenvalue weighted by atomic mass is 16.5. The van der Waals surface area contributed by atoms with Gasteiger partial charge in [-0.15, -0.1) is 0 Å². The molecule has 1 aliphatic heterocycles. The highest BCUT2D eigenvalue weighted by molar-refractivity contribution is 5.84. The van der Waals surface area contributed by atoms with E-state index in [0.29, 0.717) is 18.7 Å². The average Bonchev–Trinajstić information content (AvgIpc) is 2.56. The molecule has 1 aliphatic rings. The highest BCUT2D eigenvalue weighted by Gasteiger charge is 2.31. The van der Waals surface area contributed by atoms with Crippen LogP contribution < -0.4 is 10.6 Å². The standard InChI is InChI=1S/C17H24N2O4/c1-2-3-11-23-17(22)19-13-8-6-12(7-9-13)15-14(16(20)21)5-4-10-18-15/h6-9,14-15,18H,2-5,10-11H2,1H3,(H,19,22)(H,20,21). The largest absolute Gasteiger partial charge is 0.481 e. The van der Waals surface area contributed by atoms with Crippen LogP contribution in [0.2, 0.25) is 0 Å². The maximum atomic E-state index is 11.6. The van der Waals surface area contributed by atoms with Gasteiger partial charge in [0.25, 0.3) is 0 Å².